The molecule has 0 radical (unpaired) electrons. The van der Waals surface area contributed by atoms with E-state index < -0.39 is 0 Å². The standard InChI is InChI=1S/C21H18N4O/c22-15-16-4-3-6-18(14-16)21(26)25-12-10-24(11-13-25)20-19-7-2-1-5-17(19)8-9-23-20/h1-9,14H,10-13H2. The molecule has 1 aliphatic rings. The fourth-order valence-electron chi connectivity index (χ4n) is 3.38. The Hall–Kier alpha value is -3.39. The molecular formula is C21H18N4O. The molecule has 1 amide bonds. The maximum Gasteiger partial charge on any atom is 0.254 e. The number of carbonyl (C=O) groups is 1. The quantitative estimate of drug-likeness (QED) is 0.718. The minimum absolute atomic E-state index is 0.0207. The number of nitrogens with zero attached hydrogens (tertiary/aromatic N) is 4. The highest BCUT2D eigenvalue weighted by Crippen LogP contribution is 2.25. The number of carbonyl (C=O) groups excluding carboxylic acids is 1. The molecule has 1 fully saturated rings. The molecule has 3 aromatic rings. The van der Waals surface area contributed by atoms with Crippen LogP contribution in [-0.4, -0.2) is 42.0 Å². The first-order valence-electron chi connectivity index (χ1n) is 8.64. The Bertz CT molecular complexity index is 995. The summed E-state index contributed by atoms with van der Waals surface area (Å²) in [5.41, 5.74) is 1.08. The molecule has 128 valence electrons. The van der Waals surface area contributed by atoms with Gasteiger partial charge in [-0.05, 0) is 29.7 Å². The van der Waals surface area contributed by atoms with Crippen LogP contribution < -0.4 is 4.90 Å². The number of amides is 1. The van der Waals surface area contributed by atoms with Gasteiger partial charge in [0.15, 0.2) is 0 Å². The first-order valence-corrected chi connectivity index (χ1v) is 8.64. The highest BCUT2D eigenvalue weighted by atomic mass is 16.2. The fourth-order valence-corrected chi connectivity index (χ4v) is 3.38. The van der Waals surface area contributed by atoms with Gasteiger partial charge in [-0.25, -0.2) is 4.98 Å². The van der Waals surface area contributed by atoms with Crippen molar-refractivity contribution in [2.75, 3.05) is 31.1 Å². The van der Waals surface area contributed by atoms with Gasteiger partial charge in [-0.3, -0.25) is 4.79 Å². The minimum Gasteiger partial charge on any atom is -0.353 e. The van der Waals surface area contributed by atoms with Crippen molar-refractivity contribution in [3.8, 4) is 6.07 Å². The van der Waals surface area contributed by atoms with Gasteiger partial charge in [-0.2, -0.15) is 5.26 Å². The van der Waals surface area contributed by atoms with E-state index in [2.05, 4.69) is 28.1 Å². The van der Waals surface area contributed by atoms with E-state index in [1.54, 1.807) is 24.3 Å². The third kappa shape index (κ3) is 2.98. The Balaban J connectivity index is 1.50. The maximum absolute atomic E-state index is 12.7. The van der Waals surface area contributed by atoms with E-state index >= 15 is 0 Å². The molecule has 0 unspecified atom stereocenters. The molecule has 5 nitrogen and oxygen atoms in total. The van der Waals surface area contributed by atoms with Gasteiger partial charge in [0.1, 0.15) is 5.82 Å². The SMILES string of the molecule is N#Cc1cccc(C(=O)N2CCN(c3nccc4ccccc34)CC2)c1. The summed E-state index contributed by atoms with van der Waals surface area (Å²) in [4.78, 5) is 21.4. The van der Waals surface area contributed by atoms with Crippen LogP contribution in [0.5, 0.6) is 0 Å². The van der Waals surface area contributed by atoms with Crippen LogP contribution in [0.4, 0.5) is 5.82 Å². The summed E-state index contributed by atoms with van der Waals surface area (Å²) in [6.07, 6.45) is 1.84. The molecule has 0 aliphatic carbocycles. The number of benzene rings is 2. The number of piperazine rings is 1. The lowest BCUT2D eigenvalue weighted by Gasteiger charge is -2.36. The van der Waals surface area contributed by atoms with Gasteiger partial charge in [0.25, 0.3) is 5.91 Å². The van der Waals surface area contributed by atoms with Crippen LogP contribution in [0.2, 0.25) is 0 Å². The number of nitriles is 1. The van der Waals surface area contributed by atoms with Crippen molar-refractivity contribution in [2.45, 2.75) is 0 Å². The van der Waals surface area contributed by atoms with Crippen LogP contribution >= 0.6 is 0 Å². The Kier molecular flexibility index (Phi) is 4.24. The molecule has 1 aliphatic heterocycles. The Morgan fingerprint density at radius 2 is 1.81 bits per heavy atom. The summed E-state index contributed by atoms with van der Waals surface area (Å²) < 4.78 is 0. The van der Waals surface area contributed by atoms with Gasteiger partial charge in [-0.1, -0.05) is 30.3 Å². The molecule has 1 aromatic heterocycles. The molecule has 0 saturated carbocycles. The average Bonchev–Trinajstić information content (AvgIpc) is 2.73. The molecule has 4 rings (SSSR count). The monoisotopic (exact) mass is 342 g/mol. The predicted molar refractivity (Wildman–Crippen MR) is 101 cm³/mol. The summed E-state index contributed by atoms with van der Waals surface area (Å²) in [6, 6.07) is 19.2. The number of fused-ring (bicyclic) bond motifs is 1. The molecule has 2 heterocycles. The van der Waals surface area contributed by atoms with Crippen LogP contribution in [0.3, 0.4) is 0 Å². The van der Waals surface area contributed by atoms with Crippen molar-refractivity contribution in [3.05, 3.63) is 71.9 Å². The molecule has 2 aromatic carbocycles. The van der Waals surface area contributed by atoms with Crippen molar-refractivity contribution in [1.82, 2.24) is 9.88 Å². The Labute approximate surface area is 152 Å². The van der Waals surface area contributed by atoms with Crippen molar-refractivity contribution in [2.24, 2.45) is 0 Å². The van der Waals surface area contributed by atoms with Gasteiger partial charge in [-0.15, -0.1) is 0 Å². The van der Waals surface area contributed by atoms with E-state index in [-0.39, 0.29) is 5.91 Å². The number of aromatic nitrogens is 1. The first kappa shape index (κ1) is 16.1. The van der Waals surface area contributed by atoms with Gasteiger partial charge >= 0.3 is 0 Å². The van der Waals surface area contributed by atoms with Crippen molar-refractivity contribution in [1.29, 1.82) is 5.26 Å². The van der Waals surface area contributed by atoms with E-state index in [1.165, 1.54) is 5.39 Å². The molecule has 26 heavy (non-hydrogen) atoms. The second-order valence-corrected chi connectivity index (χ2v) is 6.33. The summed E-state index contributed by atoms with van der Waals surface area (Å²) >= 11 is 0. The molecule has 5 heteroatoms. The lowest BCUT2D eigenvalue weighted by atomic mass is 10.1. The first-order chi connectivity index (χ1) is 12.8. The van der Waals surface area contributed by atoms with Gasteiger partial charge in [0.2, 0.25) is 0 Å². The average molecular weight is 342 g/mol. The molecule has 0 N–H and O–H groups in total. The topological polar surface area (TPSA) is 60.2 Å². The minimum atomic E-state index is -0.0207. The smallest absolute Gasteiger partial charge is 0.254 e. The molecule has 0 spiro atoms. The van der Waals surface area contributed by atoms with E-state index in [4.69, 9.17) is 5.26 Å². The lowest BCUT2D eigenvalue weighted by Crippen LogP contribution is -2.49. The molecule has 0 atom stereocenters. The molecule has 1 saturated heterocycles. The summed E-state index contributed by atoms with van der Waals surface area (Å²) in [7, 11) is 0. The number of hydrogen-bond acceptors (Lipinski definition) is 4. The Morgan fingerprint density at radius 1 is 1.00 bits per heavy atom. The van der Waals surface area contributed by atoms with Gasteiger partial charge in [0, 0.05) is 43.3 Å². The second-order valence-electron chi connectivity index (χ2n) is 6.33. The van der Waals surface area contributed by atoms with Crippen LogP contribution in [0.25, 0.3) is 10.8 Å². The second kappa shape index (κ2) is 6.85. The van der Waals surface area contributed by atoms with E-state index in [9.17, 15) is 4.79 Å². The zero-order chi connectivity index (χ0) is 17.9. The maximum atomic E-state index is 12.7. The van der Waals surface area contributed by atoms with Crippen molar-refractivity contribution < 1.29 is 4.79 Å². The third-order valence-electron chi connectivity index (χ3n) is 4.76. The normalized spacial score (nSPS) is 14.3. The van der Waals surface area contributed by atoms with Crippen molar-refractivity contribution >= 4 is 22.5 Å². The zero-order valence-corrected chi connectivity index (χ0v) is 14.3. The zero-order valence-electron chi connectivity index (χ0n) is 14.3. The molecule has 0 bridgehead atoms. The van der Waals surface area contributed by atoms with Crippen molar-refractivity contribution in [3.63, 3.8) is 0 Å². The summed E-state index contributed by atoms with van der Waals surface area (Å²) in [6.45, 7) is 2.76. The highest BCUT2D eigenvalue weighted by Gasteiger charge is 2.23. The van der Waals surface area contributed by atoms with Crippen LogP contribution in [0, 0.1) is 11.3 Å². The van der Waals surface area contributed by atoms with Crippen LogP contribution in [-0.2, 0) is 0 Å². The summed E-state index contributed by atoms with van der Waals surface area (Å²) in [5, 5.41) is 11.3. The number of anilines is 1. The van der Waals surface area contributed by atoms with Gasteiger partial charge in [0.05, 0.1) is 11.6 Å². The third-order valence-corrected chi connectivity index (χ3v) is 4.76. The number of pyridine rings is 1. The van der Waals surface area contributed by atoms with Crippen LogP contribution in [0.1, 0.15) is 15.9 Å². The Morgan fingerprint density at radius 3 is 2.62 bits per heavy atom. The lowest BCUT2D eigenvalue weighted by molar-refractivity contribution is 0.0746. The number of hydrogen-bond donors (Lipinski definition) is 0. The fraction of sp³-hybridized carbons (Fsp3) is 0.190. The van der Waals surface area contributed by atoms with E-state index in [0.29, 0.717) is 24.2 Å². The molecular weight excluding hydrogens is 324 g/mol. The van der Waals surface area contributed by atoms with E-state index in [0.717, 1.165) is 24.3 Å². The summed E-state index contributed by atoms with van der Waals surface area (Å²) in [5.74, 6) is 0.953. The predicted octanol–water partition coefficient (Wildman–Crippen LogP) is 3.07. The van der Waals surface area contributed by atoms with E-state index in [1.807, 2.05) is 29.3 Å². The van der Waals surface area contributed by atoms with Gasteiger partial charge < -0.3 is 9.80 Å². The van der Waals surface area contributed by atoms with Crippen LogP contribution in [0.15, 0.2) is 60.8 Å². The number of rotatable bonds is 2. The highest BCUT2D eigenvalue weighted by molar-refractivity contribution is 5.95. The largest absolute Gasteiger partial charge is 0.353 e.